The van der Waals surface area contributed by atoms with E-state index in [1.165, 1.54) is 18.2 Å². The molecule has 0 unspecified atom stereocenters. The zero-order chi connectivity index (χ0) is 20.5. The Morgan fingerprint density at radius 1 is 1.25 bits per heavy atom. The number of aromatic nitrogens is 1. The molecule has 0 saturated carbocycles. The molecule has 1 atom stereocenters. The zero-order valence-electron chi connectivity index (χ0n) is 14.9. The highest BCUT2D eigenvalue weighted by Gasteiger charge is 2.34. The molecule has 0 aliphatic carbocycles. The standard InChI is InChI=1S/C18H18F2N4O3S/c1-18(6-7-28(26,27)10-16(21)24-18)13-8-12(3-4-14(13)20)23-17(25)15-5-2-11(19)9-22-15/h2-5,8-9H,6-7,10H2,1H3,(H2,21,24)(H,23,25)/t18-/m0/s1. The lowest BCUT2D eigenvalue weighted by atomic mass is 9.89. The van der Waals surface area contributed by atoms with Crippen molar-refractivity contribution in [3.05, 3.63) is 59.4 Å². The maximum atomic E-state index is 14.5. The Labute approximate surface area is 160 Å². The number of pyridine rings is 1. The maximum absolute atomic E-state index is 14.5. The first-order chi connectivity index (χ1) is 13.1. The number of amidine groups is 1. The van der Waals surface area contributed by atoms with Gasteiger partial charge in [-0.3, -0.25) is 9.79 Å². The molecule has 1 aliphatic rings. The van der Waals surface area contributed by atoms with Crippen LogP contribution in [-0.4, -0.2) is 36.7 Å². The fraction of sp³-hybridized carbons (Fsp3) is 0.278. The van der Waals surface area contributed by atoms with E-state index in [1.807, 2.05) is 0 Å². The molecular formula is C18H18F2N4O3S. The van der Waals surface area contributed by atoms with Crippen LogP contribution >= 0.6 is 0 Å². The summed E-state index contributed by atoms with van der Waals surface area (Å²) in [5.74, 6) is -2.44. The largest absolute Gasteiger partial charge is 0.387 e. The van der Waals surface area contributed by atoms with Gasteiger partial charge in [0, 0.05) is 11.3 Å². The number of anilines is 1. The van der Waals surface area contributed by atoms with Crippen molar-refractivity contribution in [2.45, 2.75) is 18.9 Å². The SMILES string of the molecule is C[C@@]1(c2cc(NC(=O)c3ccc(F)cn3)ccc2F)CCS(=O)(=O)CC(N)=N1. The van der Waals surface area contributed by atoms with Crippen LogP contribution in [0.3, 0.4) is 0 Å². The monoisotopic (exact) mass is 408 g/mol. The van der Waals surface area contributed by atoms with Crippen LogP contribution in [0.2, 0.25) is 0 Å². The number of hydrogen-bond donors (Lipinski definition) is 2. The quantitative estimate of drug-likeness (QED) is 0.806. The van der Waals surface area contributed by atoms with Gasteiger partial charge in [-0.2, -0.15) is 0 Å². The molecule has 0 saturated heterocycles. The Hall–Kier alpha value is -2.88. The molecule has 28 heavy (non-hydrogen) atoms. The van der Waals surface area contributed by atoms with E-state index >= 15 is 0 Å². The smallest absolute Gasteiger partial charge is 0.274 e. The van der Waals surface area contributed by atoms with Gasteiger partial charge in [0.15, 0.2) is 9.84 Å². The van der Waals surface area contributed by atoms with Crippen LogP contribution in [0, 0.1) is 11.6 Å². The lowest BCUT2D eigenvalue weighted by Gasteiger charge is -2.25. The lowest BCUT2D eigenvalue weighted by Crippen LogP contribution is -2.26. The van der Waals surface area contributed by atoms with Gasteiger partial charge in [-0.1, -0.05) is 0 Å². The number of nitrogens with zero attached hydrogens (tertiary/aromatic N) is 2. The van der Waals surface area contributed by atoms with Gasteiger partial charge in [0.2, 0.25) is 0 Å². The number of sulfone groups is 1. The Balaban J connectivity index is 1.92. The van der Waals surface area contributed by atoms with E-state index in [2.05, 4.69) is 15.3 Å². The van der Waals surface area contributed by atoms with E-state index in [1.54, 1.807) is 6.92 Å². The van der Waals surface area contributed by atoms with Crippen molar-refractivity contribution in [2.75, 3.05) is 16.8 Å². The second-order valence-electron chi connectivity index (χ2n) is 6.73. The number of carbonyl (C=O) groups excluding carboxylic acids is 1. The van der Waals surface area contributed by atoms with Gasteiger partial charge in [0.25, 0.3) is 5.91 Å². The number of hydrogen-bond acceptors (Lipinski definition) is 6. The summed E-state index contributed by atoms with van der Waals surface area (Å²) in [4.78, 5) is 20.2. The highest BCUT2D eigenvalue weighted by Crippen LogP contribution is 2.35. The number of nitrogens with two attached hydrogens (primary N) is 1. The van der Waals surface area contributed by atoms with Crippen LogP contribution in [0.15, 0.2) is 41.5 Å². The van der Waals surface area contributed by atoms with Gasteiger partial charge in [0.1, 0.15) is 28.9 Å². The minimum Gasteiger partial charge on any atom is -0.387 e. The predicted molar refractivity (Wildman–Crippen MR) is 101 cm³/mol. The number of benzene rings is 1. The first-order valence-corrected chi connectivity index (χ1v) is 10.2. The van der Waals surface area contributed by atoms with E-state index in [0.29, 0.717) is 0 Å². The van der Waals surface area contributed by atoms with E-state index in [-0.39, 0.29) is 40.7 Å². The molecule has 1 aromatic heterocycles. The summed E-state index contributed by atoms with van der Waals surface area (Å²) >= 11 is 0. The van der Waals surface area contributed by atoms with Crippen LogP contribution in [0.1, 0.15) is 29.4 Å². The fourth-order valence-electron chi connectivity index (χ4n) is 2.97. The van der Waals surface area contributed by atoms with Crippen LogP contribution in [-0.2, 0) is 15.4 Å². The van der Waals surface area contributed by atoms with Gasteiger partial charge in [0.05, 0.1) is 17.5 Å². The van der Waals surface area contributed by atoms with Crippen LogP contribution < -0.4 is 11.1 Å². The van der Waals surface area contributed by atoms with Gasteiger partial charge >= 0.3 is 0 Å². The highest BCUT2D eigenvalue weighted by atomic mass is 32.2. The van der Waals surface area contributed by atoms with Gasteiger partial charge in [-0.05, 0) is 43.7 Å². The van der Waals surface area contributed by atoms with E-state index in [4.69, 9.17) is 5.73 Å². The predicted octanol–water partition coefficient (Wildman–Crippen LogP) is 2.00. The summed E-state index contributed by atoms with van der Waals surface area (Å²) in [5, 5.41) is 2.56. The first-order valence-electron chi connectivity index (χ1n) is 8.35. The maximum Gasteiger partial charge on any atom is 0.274 e. The lowest BCUT2D eigenvalue weighted by molar-refractivity contribution is 0.102. The normalized spacial score (nSPS) is 21.5. The molecule has 7 nitrogen and oxygen atoms in total. The van der Waals surface area contributed by atoms with Crippen molar-refractivity contribution in [3.8, 4) is 0 Å². The van der Waals surface area contributed by atoms with Gasteiger partial charge in [-0.25, -0.2) is 22.2 Å². The molecular weight excluding hydrogens is 390 g/mol. The Kier molecular flexibility index (Phi) is 5.16. The summed E-state index contributed by atoms with van der Waals surface area (Å²) in [5.41, 5.74) is 4.87. The summed E-state index contributed by atoms with van der Waals surface area (Å²) in [6, 6.07) is 6.20. The molecule has 1 aliphatic heterocycles. The number of halogens is 2. The number of amides is 1. The van der Waals surface area contributed by atoms with Crippen molar-refractivity contribution < 1.29 is 22.0 Å². The average Bonchev–Trinajstić information content (AvgIpc) is 2.72. The van der Waals surface area contributed by atoms with Gasteiger partial charge in [-0.15, -0.1) is 0 Å². The molecule has 3 rings (SSSR count). The van der Waals surface area contributed by atoms with E-state index < -0.39 is 32.9 Å². The Morgan fingerprint density at radius 3 is 2.68 bits per heavy atom. The molecule has 1 amide bonds. The molecule has 0 bridgehead atoms. The third kappa shape index (κ3) is 4.33. The topological polar surface area (TPSA) is 115 Å². The zero-order valence-corrected chi connectivity index (χ0v) is 15.8. The summed E-state index contributed by atoms with van der Waals surface area (Å²) in [7, 11) is -3.42. The second kappa shape index (κ2) is 7.27. The molecule has 1 aromatic carbocycles. The van der Waals surface area contributed by atoms with Crippen LogP contribution in [0.25, 0.3) is 0 Å². The highest BCUT2D eigenvalue weighted by molar-refractivity contribution is 7.92. The molecule has 2 heterocycles. The minimum absolute atomic E-state index is 0.0127. The number of rotatable bonds is 3. The molecule has 0 radical (unpaired) electrons. The van der Waals surface area contributed by atoms with Crippen LogP contribution in [0.5, 0.6) is 0 Å². The average molecular weight is 408 g/mol. The summed E-state index contributed by atoms with van der Waals surface area (Å²) < 4.78 is 51.3. The van der Waals surface area contributed by atoms with Crippen molar-refractivity contribution in [3.63, 3.8) is 0 Å². The molecule has 10 heteroatoms. The second-order valence-corrected chi connectivity index (χ2v) is 8.91. The molecule has 2 aromatic rings. The Bertz CT molecular complexity index is 1060. The van der Waals surface area contributed by atoms with Crippen molar-refractivity contribution in [1.29, 1.82) is 0 Å². The van der Waals surface area contributed by atoms with Crippen molar-refractivity contribution >= 4 is 27.3 Å². The third-order valence-corrected chi connectivity index (χ3v) is 5.98. The molecule has 3 N–H and O–H groups in total. The molecule has 148 valence electrons. The first kappa shape index (κ1) is 19.9. The molecule has 0 spiro atoms. The summed E-state index contributed by atoms with van der Waals surface area (Å²) in [6.45, 7) is 1.59. The summed E-state index contributed by atoms with van der Waals surface area (Å²) in [6.07, 6.45) is 0.958. The van der Waals surface area contributed by atoms with Crippen molar-refractivity contribution in [2.24, 2.45) is 10.7 Å². The van der Waals surface area contributed by atoms with Crippen LogP contribution in [0.4, 0.5) is 14.5 Å². The Morgan fingerprint density at radius 2 is 2.00 bits per heavy atom. The minimum atomic E-state index is -3.42. The number of nitrogens with one attached hydrogen (secondary N) is 1. The van der Waals surface area contributed by atoms with Crippen molar-refractivity contribution in [1.82, 2.24) is 4.98 Å². The van der Waals surface area contributed by atoms with Gasteiger partial charge < -0.3 is 11.1 Å². The number of aliphatic imine (C=N–C) groups is 1. The van der Waals surface area contributed by atoms with E-state index in [9.17, 15) is 22.0 Å². The fourth-order valence-corrected chi connectivity index (χ4v) is 4.34. The molecule has 0 fully saturated rings. The number of carbonyl (C=O) groups is 1. The third-order valence-electron chi connectivity index (χ3n) is 4.42. The van der Waals surface area contributed by atoms with E-state index in [0.717, 1.165) is 18.3 Å².